The first-order chi connectivity index (χ1) is 16.8. The van der Waals surface area contributed by atoms with E-state index in [1.54, 1.807) is 0 Å². The van der Waals surface area contributed by atoms with E-state index in [1.807, 2.05) is 24.3 Å². The topological polar surface area (TPSA) is 73.0 Å². The van der Waals surface area contributed by atoms with Crippen LogP contribution >= 0.6 is 0 Å². The summed E-state index contributed by atoms with van der Waals surface area (Å²) in [5.74, 6) is 0.703. The summed E-state index contributed by atoms with van der Waals surface area (Å²) in [4.78, 5) is 17.4. The average molecular weight is 499 g/mol. The van der Waals surface area contributed by atoms with Crippen molar-refractivity contribution in [2.24, 2.45) is 5.92 Å². The normalized spacial score (nSPS) is 20.6. The Kier molecular flexibility index (Phi) is 8.59. The van der Waals surface area contributed by atoms with Crippen molar-refractivity contribution in [1.82, 2.24) is 19.4 Å². The molecule has 0 saturated carbocycles. The third kappa shape index (κ3) is 7.61. The van der Waals surface area contributed by atoms with Crippen LogP contribution in [0.2, 0.25) is 0 Å². The number of amides is 1. The largest absolute Gasteiger partial charge is 0.348 e. The van der Waals surface area contributed by atoms with Crippen LogP contribution in [0.5, 0.6) is 0 Å². The van der Waals surface area contributed by atoms with Crippen LogP contribution in [0.4, 0.5) is 0 Å². The Morgan fingerprint density at radius 1 is 0.857 bits per heavy atom. The number of nitrogens with one attached hydrogen (secondary N) is 1. The van der Waals surface area contributed by atoms with E-state index in [0.717, 1.165) is 30.1 Å². The SMILES string of the molecule is CC1CCCN(Cc2ccc(CNC(=O)c3ccc(CN4CCN(S(C)(=O)=O)CC4)cc3)cc2)C1. The summed E-state index contributed by atoms with van der Waals surface area (Å²) in [5.41, 5.74) is 4.18. The zero-order valence-electron chi connectivity index (χ0n) is 20.9. The van der Waals surface area contributed by atoms with Gasteiger partial charge in [0.15, 0.2) is 0 Å². The van der Waals surface area contributed by atoms with Crippen molar-refractivity contribution < 1.29 is 13.2 Å². The quantitative estimate of drug-likeness (QED) is 0.606. The number of sulfonamides is 1. The second-order valence-corrected chi connectivity index (χ2v) is 12.1. The average Bonchev–Trinajstić information content (AvgIpc) is 2.84. The van der Waals surface area contributed by atoms with Crippen LogP contribution in [-0.4, -0.2) is 74.0 Å². The van der Waals surface area contributed by atoms with Crippen LogP contribution in [0.3, 0.4) is 0 Å². The molecular weight excluding hydrogens is 460 g/mol. The Morgan fingerprint density at radius 3 is 2.03 bits per heavy atom. The lowest BCUT2D eigenvalue weighted by molar-refractivity contribution is 0.0951. The van der Waals surface area contributed by atoms with Crippen molar-refractivity contribution >= 4 is 15.9 Å². The molecule has 2 aliphatic heterocycles. The molecule has 1 atom stereocenters. The predicted molar refractivity (Wildman–Crippen MR) is 139 cm³/mol. The smallest absolute Gasteiger partial charge is 0.251 e. The fourth-order valence-electron chi connectivity index (χ4n) is 4.97. The molecule has 8 heteroatoms. The number of likely N-dealkylation sites (tertiary alicyclic amines) is 1. The summed E-state index contributed by atoms with van der Waals surface area (Å²) in [6, 6.07) is 16.2. The van der Waals surface area contributed by atoms with Gasteiger partial charge in [-0.3, -0.25) is 14.6 Å². The minimum absolute atomic E-state index is 0.0790. The van der Waals surface area contributed by atoms with Crippen LogP contribution in [0, 0.1) is 5.92 Å². The van der Waals surface area contributed by atoms with E-state index >= 15 is 0 Å². The Morgan fingerprint density at radius 2 is 1.43 bits per heavy atom. The molecule has 1 unspecified atom stereocenters. The number of carbonyl (C=O) groups is 1. The lowest BCUT2D eigenvalue weighted by Crippen LogP contribution is -2.47. The highest BCUT2D eigenvalue weighted by molar-refractivity contribution is 7.88. The van der Waals surface area contributed by atoms with Crippen molar-refractivity contribution in [2.75, 3.05) is 45.5 Å². The Bertz CT molecular complexity index is 1080. The second-order valence-electron chi connectivity index (χ2n) is 10.1. The maximum absolute atomic E-state index is 12.6. The predicted octanol–water partition coefficient (Wildman–Crippen LogP) is 2.93. The van der Waals surface area contributed by atoms with E-state index in [9.17, 15) is 13.2 Å². The highest BCUT2D eigenvalue weighted by Crippen LogP contribution is 2.18. The summed E-state index contributed by atoms with van der Waals surface area (Å²) in [6.45, 7) is 9.42. The van der Waals surface area contributed by atoms with Gasteiger partial charge >= 0.3 is 0 Å². The summed E-state index contributed by atoms with van der Waals surface area (Å²) in [7, 11) is -3.11. The number of hydrogen-bond donors (Lipinski definition) is 1. The van der Waals surface area contributed by atoms with E-state index in [2.05, 4.69) is 46.3 Å². The summed E-state index contributed by atoms with van der Waals surface area (Å²) in [6.07, 6.45) is 3.88. The third-order valence-corrected chi connectivity index (χ3v) is 8.35. The Hall–Kier alpha value is -2.26. The zero-order valence-corrected chi connectivity index (χ0v) is 21.8. The number of carbonyl (C=O) groups excluding carboxylic acids is 1. The lowest BCUT2D eigenvalue weighted by atomic mass is 9.99. The highest BCUT2D eigenvalue weighted by atomic mass is 32.2. The fraction of sp³-hybridized carbons (Fsp3) is 0.519. The monoisotopic (exact) mass is 498 g/mol. The van der Waals surface area contributed by atoms with Gasteiger partial charge in [0.1, 0.15) is 0 Å². The van der Waals surface area contributed by atoms with E-state index in [4.69, 9.17) is 0 Å². The van der Waals surface area contributed by atoms with E-state index < -0.39 is 10.0 Å². The maximum atomic E-state index is 12.6. The fourth-order valence-corrected chi connectivity index (χ4v) is 5.80. The molecule has 0 radical (unpaired) electrons. The standard InChI is InChI=1S/C27H38N4O3S/c1-22-4-3-13-30(19-22)21-24-7-5-23(6-8-24)18-28-27(32)26-11-9-25(10-12-26)20-29-14-16-31(17-15-29)35(2,33)34/h5-12,22H,3-4,13-21H2,1-2H3,(H,28,32). The van der Waals surface area contributed by atoms with Gasteiger partial charge in [-0.1, -0.05) is 43.3 Å². The molecule has 2 aliphatic rings. The Labute approximate surface area is 210 Å². The number of nitrogens with zero attached hydrogens (tertiary/aromatic N) is 3. The molecule has 2 fully saturated rings. The van der Waals surface area contributed by atoms with Gasteiger partial charge in [0, 0.05) is 57.9 Å². The second kappa shape index (κ2) is 11.6. The molecule has 2 heterocycles. The van der Waals surface area contributed by atoms with E-state index in [-0.39, 0.29) is 5.91 Å². The molecule has 4 rings (SSSR count). The number of benzene rings is 2. The van der Waals surface area contributed by atoms with Gasteiger partial charge < -0.3 is 5.32 Å². The number of piperazine rings is 1. The third-order valence-electron chi connectivity index (χ3n) is 7.05. The summed E-state index contributed by atoms with van der Waals surface area (Å²) < 4.78 is 24.9. The maximum Gasteiger partial charge on any atom is 0.251 e. The van der Waals surface area contributed by atoms with Gasteiger partial charge in [0.05, 0.1) is 6.26 Å². The number of hydrogen-bond acceptors (Lipinski definition) is 5. The molecule has 0 aromatic heterocycles. The van der Waals surface area contributed by atoms with Gasteiger partial charge in [0.25, 0.3) is 5.91 Å². The van der Waals surface area contributed by atoms with E-state index in [1.165, 1.54) is 42.1 Å². The van der Waals surface area contributed by atoms with Gasteiger partial charge in [-0.25, -0.2) is 8.42 Å². The first-order valence-corrected chi connectivity index (χ1v) is 14.5. The van der Waals surface area contributed by atoms with Gasteiger partial charge in [0.2, 0.25) is 10.0 Å². The van der Waals surface area contributed by atoms with Crippen LogP contribution in [0.1, 0.15) is 46.8 Å². The van der Waals surface area contributed by atoms with Crippen molar-refractivity contribution in [3.05, 3.63) is 70.8 Å². The number of piperidine rings is 1. The minimum Gasteiger partial charge on any atom is -0.348 e. The molecule has 1 amide bonds. The van der Waals surface area contributed by atoms with Crippen LogP contribution in [0.25, 0.3) is 0 Å². The molecular formula is C27H38N4O3S. The molecule has 0 aliphatic carbocycles. The van der Waals surface area contributed by atoms with Crippen LogP contribution < -0.4 is 5.32 Å². The molecule has 2 aromatic carbocycles. The van der Waals surface area contributed by atoms with Gasteiger partial charge in [-0.2, -0.15) is 4.31 Å². The molecule has 190 valence electrons. The molecule has 2 saturated heterocycles. The summed E-state index contributed by atoms with van der Waals surface area (Å²) in [5, 5.41) is 3.02. The van der Waals surface area contributed by atoms with Crippen molar-refractivity contribution in [2.45, 2.75) is 39.4 Å². The van der Waals surface area contributed by atoms with E-state index in [0.29, 0.717) is 38.3 Å². The van der Waals surface area contributed by atoms with Gasteiger partial charge in [-0.15, -0.1) is 0 Å². The van der Waals surface area contributed by atoms with Crippen LogP contribution in [0.15, 0.2) is 48.5 Å². The highest BCUT2D eigenvalue weighted by Gasteiger charge is 2.23. The molecule has 2 aromatic rings. The van der Waals surface area contributed by atoms with Crippen molar-refractivity contribution in [1.29, 1.82) is 0 Å². The molecule has 0 spiro atoms. The van der Waals surface area contributed by atoms with Crippen LogP contribution in [-0.2, 0) is 29.7 Å². The first-order valence-electron chi connectivity index (χ1n) is 12.6. The number of rotatable bonds is 8. The minimum atomic E-state index is -3.11. The molecule has 35 heavy (non-hydrogen) atoms. The lowest BCUT2D eigenvalue weighted by Gasteiger charge is -2.33. The molecule has 0 bridgehead atoms. The first kappa shape index (κ1) is 25.8. The van der Waals surface area contributed by atoms with Gasteiger partial charge in [-0.05, 0) is 54.1 Å². The summed E-state index contributed by atoms with van der Waals surface area (Å²) >= 11 is 0. The Balaban J connectivity index is 1.21. The van der Waals surface area contributed by atoms with Crippen molar-refractivity contribution in [3.8, 4) is 0 Å². The zero-order chi connectivity index (χ0) is 24.8. The van der Waals surface area contributed by atoms with Crippen molar-refractivity contribution in [3.63, 3.8) is 0 Å². The molecule has 1 N–H and O–H groups in total. The molecule has 7 nitrogen and oxygen atoms in total.